The third kappa shape index (κ3) is 4.71. The molecular formula is C22H18Cl2N4O3. The average molecular weight is 457 g/mol. The molecule has 0 aliphatic carbocycles. The van der Waals surface area contributed by atoms with E-state index in [1.54, 1.807) is 25.3 Å². The molecule has 1 N–H and O–H groups in total. The number of nitriles is 1. The molecule has 9 heteroatoms. The maximum absolute atomic E-state index is 13.0. The molecule has 0 unspecified atom stereocenters. The van der Waals surface area contributed by atoms with Crippen molar-refractivity contribution in [2.24, 2.45) is 10.2 Å². The van der Waals surface area contributed by atoms with Gasteiger partial charge in [-0.1, -0.05) is 41.4 Å². The Hall–Kier alpha value is -3.34. The van der Waals surface area contributed by atoms with Gasteiger partial charge in [-0.3, -0.25) is 9.36 Å². The number of rotatable bonds is 6. The summed E-state index contributed by atoms with van der Waals surface area (Å²) in [5, 5.41) is 28.6. The summed E-state index contributed by atoms with van der Waals surface area (Å²) in [5.41, 5.74) is 0.780. The van der Waals surface area contributed by atoms with Crippen molar-refractivity contribution in [3.8, 4) is 17.7 Å². The Morgan fingerprint density at radius 3 is 2.52 bits per heavy atom. The number of azo groups is 1. The lowest BCUT2D eigenvalue weighted by Crippen LogP contribution is -2.22. The quantitative estimate of drug-likeness (QED) is 0.480. The molecule has 0 spiro atoms. The van der Waals surface area contributed by atoms with Crippen LogP contribution in [0, 0.1) is 18.3 Å². The zero-order chi connectivity index (χ0) is 22.5. The van der Waals surface area contributed by atoms with E-state index in [1.165, 1.54) is 6.92 Å². The SMILES string of the molecule is COc1ccc(CCn2c(O)c(C#N)c(C)c(N=Nc3cccc(Cl)c3Cl)c2=O)cc1. The number of aromatic nitrogens is 1. The molecule has 0 atom stereocenters. The zero-order valence-corrected chi connectivity index (χ0v) is 18.3. The summed E-state index contributed by atoms with van der Waals surface area (Å²) in [6, 6.07) is 14.1. The summed E-state index contributed by atoms with van der Waals surface area (Å²) in [5.74, 6) is 0.312. The van der Waals surface area contributed by atoms with Gasteiger partial charge in [0.05, 0.1) is 17.2 Å². The first-order chi connectivity index (χ1) is 14.9. The van der Waals surface area contributed by atoms with E-state index in [0.29, 0.717) is 17.2 Å². The maximum atomic E-state index is 13.0. The van der Waals surface area contributed by atoms with Gasteiger partial charge < -0.3 is 9.84 Å². The second-order valence-corrected chi connectivity index (χ2v) is 7.40. The number of hydrogen-bond acceptors (Lipinski definition) is 6. The molecule has 0 fully saturated rings. The molecule has 0 aliphatic rings. The van der Waals surface area contributed by atoms with Crippen molar-refractivity contribution < 1.29 is 9.84 Å². The molecule has 7 nitrogen and oxygen atoms in total. The predicted molar refractivity (Wildman–Crippen MR) is 119 cm³/mol. The molecule has 0 aliphatic heterocycles. The van der Waals surface area contributed by atoms with Crippen LogP contribution in [0.4, 0.5) is 11.4 Å². The molecule has 0 radical (unpaired) electrons. The minimum Gasteiger partial charge on any atom is -0.497 e. The first-order valence-electron chi connectivity index (χ1n) is 9.22. The van der Waals surface area contributed by atoms with Crippen LogP contribution >= 0.6 is 23.2 Å². The van der Waals surface area contributed by atoms with Crippen molar-refractivity contribution in [3.05, 3.63) is 79.6 Å². The van der Waals surface area contributed by atoms with E-state index in [0.717, 1.165) is 10.1 Å². The fourth-order valence-corrected chi connectivity index (χ4v) is 3.30. The minimum atomic E-state index is -0.565. The molecular weight excluding hydrogens is 439 g/mol. The molecule has 0 amide bonds. The zero-order valence-electron chi connectivity index (χ0n) is 16.8. The number of aryl methyl sites for hydroxylation is 1. The fraction of sp³-hybridized carbons (Fsp3) is 0.182. The maximum Gasteiger partial charge on any atom is 0.281 e. The lowest BCUT2D eigenvalue weighted by atomic mass is 10.1. The molecule has 0 saturated carbocycles. The standard InChI is InChI=1S/C22H18Cl2N4O3/c1-13-16(12-25)21(29)28(11-10-14-6-8-15(31-2)9-7-14)22(30)20(13)27-26-18-5-3-4-17(23)19(18)24/h3-9,29H,10-11H2,1-2H3. The van der Waals surface area contributed by atoms with Crippen LogP contribution in [0.25, 0.3) is 0 Å². The van der Waals surface area contributed by atoms with Crippen molar-refractivity contribution in [2.45, 2.75) is 19.9 Å². The van der Waals surface area contributed by atoms with Gasteiger partial charge in [0, 0.05) is 12.1 Å². The highest BCUT2D eigenvalue weighted by Gasteiger charge is 2.19. The van der Waals surface area contributed by atoms with E-state index in [2.05, 4.69) is 10.2 Å². The summed E-state index contributed by atoms with van der Waals surface area (Å²) < 4.78 is 6.25. The number of hydrogen-bond donors (Lipinski definition) is 1. The van der Waals surface area contributed by atoms with Crippen molar-refractivity contribution >= 4 is 34.6 Å². The minimum absolute atomic E-state index is 0.0412. The molecule has 158 valence electrons. The molecule has 31 heavy (non-hydrogen) atoms. The first kappa shape index (κ1) is 22.3. The molecule has 3 rings (SSSR count). The molecule has 2 aromatic carbocycles. The Morgan fingerprint density at radius 2 is 1.87 bits per heavy atom. The largest absolute Gasteiger partial charge is 0.497 e. The van der Waals surface area contributed by atoms with Gasteiger partial charge in [-0.05, 0) is 43.2 Å². The number of ether oxygens (including phenoxy) is 1. The van der Waals surface area contributed by atoms with Gasteiger partial charge in [-0.15, -0.1) is 10.2 Å². The highest BCUT2D eigenvalue weighted by molar-refractivity contribution is 6.43. The topological polar surface area (TPSA) is 100.0 Å². The molecule has 0 bridgehead atoms. The number of nitrogens with zero attached hydrogens (tertiary/aromatic N) is 4. The summed E-state index contributed by atoms with van der Waals surface area (Å²) in [6.07, 6.45) is 0.447. The van der Waals surface area contributed by atoms with Gasteiger partial charge in [-0.25, -0.2) is 0 Å². The van der Waals surface area contributed by atoms with Crippen LogP contribution in [0.15, 0.2) is 57.5 Å². The summed E-state index contributed by atoms with van der Waals surface area (Å²) in [6.45, 7) is 1.67. The van der Waals surface area contributed by atoms with Gasteiger partial charge in [0.1, 0.15) is 23.1 Å². The van der Waals surface area contributed by atoms with Crippen LogP contribution in [0.3, 0.4) is 0 Å². The second-order valence-electron chi connectivity index (χ2n) is 6.61. The number of methoxy groups -OCH3 is 1. The van der Waals surface area contributed by atoms with E-state index >= 15 is 0 Å². The van der Waals surface area contributed by atoms with Gasteiger partial charge in [0.25, 0.3) is 5.56 Å². The fourth-order valence-electron chi connectivity index (χ4n) is 2.97. The number of pyridine rings is 1. The molecule has 1 heterocycles. The highest BCUT2D eigenvalue weighted by Crippen LogP contribution is 2.33. The van der Waals surface area contributed by atoms with Crippen molar-refractivity contribution in [3.63, 3.8) is 0 Å². The smallest absolute Gasteiger partial charge is 0.281 e. The summed E-state index contributed by atoms with van der Waals surface area (Å²) >= 11 is 12.1. The molecule has 0 saturated heterocycles. The Bertz CT molecular complexity index is 1250. The number of aromatic hydroxyl groups is 1. The molecule has 1 aromatic heterocycles. The monoisotopic (exact) mass is 456 g/mol. The normalized spacial score (nSPS) is 10.9. The lowest BCUT2D eigenvalue weighted by molar-refractivity contribution is 0.403. The summed E-state index contributed by atoms with van der Waals surface area (Å²) in [4.78, 5) is 13.0. The van der Waals surface area contributed by atoms with Crippen molar-refractivity contribution in [2.75, 3.05) is 7.11 Å². The Morgan fingerprint density at radius 1 is 1.16 bits per heavy atom. The van der Waals surface area contributed by atoms with Gasteiger partial charge in [0.2, 0.25) is 5.88 Å². The van der Waals surface area contributed by atoms with Gasteiger partial charge in [-0.2, -0.15) is 5.26 Å². The van der Waals surface area contributed by atoms with E-state index in [-0.39, 0.29) is 34.1 Å². The van der Waals surface area contributed by atoms with Crippen LogP contribution in [-0.2, 0) is 13.0 Å². The van der Waals surface area contributed by atoms with Crippen molar-refractivity contribution in [1.29, 1.82) is 5.26 Å². The lowest BCUT2D eigenvalue weighted by Gasteiger charge is -2.13. The van der Waals surface area contributed by atoms with Crippen LogP contribution in [0.2, 0.25) is 10.0 Å². The highest BCUT2D eigenvalue weighted by atomic mass is 35.5. The average Bonchev–Trinajstić information content (AvgIpc) is 2.77. The number of halogens is 2. The Kier molecular flexibility index (Phi) is 6.95. The van der Waals surface area contributed by atoms with Crippen molar-refractivity contribution in [1.82, 2.24) is 4.57 Å². The van der Waals surface area contributed by atoms with Crippen LogP contribution in [0.1, 0.15) is 16.7 Å². The van der Waals surface area contributed by atoms with E-state index in [9.17, 15) is 15.2 Å². The van der Waals surface area contributed by atoms with Gasteiger partial charge >= 0.3 is 0 Å². The Labute approximate surface area is 188 Å². The van der Waals surface area contributed by atoms with Crippen LogP contribution in [-0.4, -0.2) is 16.8 Å². The Balaban J connectivity index is 2.00. The van der Waals surface area contributed by atoms with E-state index < -0.39 is 11.4 Å². The first-order valence-corrected chi connectivity index (χ1v) is 9.98. The van der Waals surface area contributed by atoms with E-state index in [4.69, 9.17) is 27.9 Å². The summed E-state index contributed by atoms with van der Waals surface area (Å²) in [7, 11) is 1.58. The predicted octanol–water partition coefficient (Wildman–Crippen LogP) is 5.71. The van der Waals surface area contributed by atoms with Crippen LogP contribution in [0.5, 0.6) is 11.6 Å². The molecule has 3 aromatic rings. The second kappa shape index (κ2) is 9.65. The third-order valence-electron chi connectivity index (χ3n) is 4.74. The van der Waals surface area contributed by atoms with E-state index in [1.807, 2.05) is 30.3 Å². The van der Waals surface area contributed by atoms with Gasteiger partial charge in [0.15, 0.2) is 5.69 Å². The third-order valence-corrected chi connectivity index (χ3v) is 5.55. The van der Waals surface area contributed by atoms with Crippen LogP contribution < -0.4 is 10.3 Å². The number of benzene rings is 2.